The van der Waals surface area contributed by atoms with E-state index in [9.17, 15) is 14.8 Å². The zero-order chi connectivity index (χ0) is 13.0. The van der Waals surface area contributed by atoms with Gasteiger partial charge in [-0.2, -0.15) is 5.06 Å². The van der Waals surface area contributed by atoms with Gasteiger partial charge >= 0.3 is 12.0 Å². The minimum atomic E-state index is -0.573. The molecule has 0 aliphatic heterocycles. The highest BCUT2D eigenvalue weighted by Crippen LogP contribution is 2.15. The average Bonchev–Trinajstić information content (AvgIpc) is 2.36. The molecule has 17 heavy (non-hydrogen) atoms. The molecule has 92 valence electrons. The van der Waals surface area contributed by atoms with E-state index < -0.39 is 12.0 Å². The minimum absolute atomic E-state index is 0.274. The van der Waals surface area contributed by atoms with Crippen molar-refractivity contribution in [2.75, 3.05) is 26.3 Å². The van der Waals surface area contributed by atoms with Crippen LogP contribution in [0.1, 0.15) is 10.4 Å². The Morgan fingerprint density at radius 1 is 1.18 bits per heavy atom. The van der Waals surface area contributed by atoms with Crippen molar-refractivity contribution in [3.63, 3.8) is 0 Å². The molecule has 1 aromatic rings. The molecular formula is C11H14N2O4. The summed E-state index contributed by atoms with van der Waals surface area (Å²) in [6.07, 6.45) is 0. The second-order valence-electron chi connectivity index (χ2n) is 3.53. The van der Waals surface area contributed by atoms with Crippen LogP contribution >= 0.6 is 0 Å². The molecule has 0 radical (unpaired) electrons. The molecular weight excluding hydrogens is 224 g/mol. The highest BCUT2D eigenvalue weighted by molar-refractivity contribution is 5.92. The lowest BCUT2D eigenvalue weighted by atomic mass is 10.2. The maximum Gasteiger partial charge on any atom is 0.348 e. The van der Waals surface area contributed by atoms with Gasteiger partial charge in [0.1, 0.15) is 0 Å². The first kappa shape index (κ1) is 13.0. The number of hydrogen-bond donors (Lipinski definition) is 1. The third-order valence-electron chi connectivity index (χ3n) is 2.10. The van der Waals surface area contributed by atoms with Crippen LogP contribution in [0, 0.1) is 0 Å². The molecule has 6 nitrogen and oxygen atoms in total. The maximum absolute atomic E-state index is 11.4. The van der Waals surface area contributed by atoms with Gasteiger partial charge in [-0.15, -0.1) is 0 Å². The molecule has 1 N–H and O–H groups in total. The van der Waals surface area contributed by atoms with Gasteiger partial charge in [0.05, 0.1) is 18.4 Å². The summed E-state index contributed by atoms with van der Waals surface area (Å²) in [6, 6.07) is 5.26. The van der Waals surface area contributed by atoms with E-state index in [1.807, 2.05) is 0 Å². The largest absolute Gasteiger partial charge is 0.465 e. The molecule has 0 unspecified atom stereocenters. The maximum atomic E-state index is 11.4. The van der Waals surface area contributed by atoms with E-state index in [-0.39, 0.29) is 5.69 Å². The number of ether oxygens (including phenoxy) is 1. The Morgan fingerprint density at radius 3 is 2.12 bits per heavy atom. The predicted octanol–water partition coefficient (Wildman–Crippen LogP) is 1.35. The molecule has 0 saturated heterocycles. The molecule has 1 rings (SSSR count). The first-order chi connectivity index (χ1) is 7.97. The van der Waals surface area contributed by atoms with Gasteiger partial charge in [0.25, 0.3) is 0 Å². The molecule has 2 amide bonds. The fourth-order valence-corrected chi connectivity index (χ4v) is 1.16. The minimum Gasteiger partial charge on any atom is -0.465 e. The number of benzene rings is 1. The fraction of sp³-hybridized carbons (Fsp3) is 0.273. The van der Waals surface area contributed by atoms with Gasteiger partial charge in [-0.25, -0.2) is 9.59 Å². The van der Waals surface area contributed by atoms with Crippen LogP contribution in [0.2, 0.25) is 0 Å². The summed E-state index contributed by atoms with van der Waals surface area (Å²) in [6.45, 7) is 0. The topological polar surface area (TPSA) is 70.1 Å². The van der Waals surface area contributed by atoms with E-state index >= 15 is 0 Å². The van der Waals surface area contributed by atoms with E-state index in [0.29, 0.717) is 10.6 Å². The number of esters is 1. The van der Waals surface area contributed by atoms with Gasteiger partial charge < -0.3 is 9.64 Å². The Kier molecular flexibility index (Phi) is 4.06. The number of urea groups is 1. The van der Waals surface area contributed by atoms with Gasteiger partial charge in [-0.05, 0) is 24.3 Å². The number of methoxy groups -OCH3 is 1. The van der Waals surface area contributed by atoms with E-state index in [0.717, 1.165) is 0 Å². The van der Waals surface area contributed by atoms with Crippen LogP contribution < -0.4 is 5.06 Å². The Labute approximate surface area is 99.0 Å². The lowest BCUT2D eigenvalue weighted by Gasteiger charge is -2.19. The number of hydrogen-bond acceptors (Lipinski definition) is 4. The van der Waals surface area contributed by atoms with Gasteiger partial charge in [0, 0.05) is 14.1 Å². The van der Waals surface area contributed by atoms with Crippen LogP contribution in [0.15, 0.2) is 24.3 Å². The summed E-state index contributed by atoms with van der Waals surface area (Å²) in [5.74, 6) is -0.472. The SMILES string of the molecule is COC(=O)c1ccc(N(O)C(=O)N(C)C)cc1. The molecule has 0 heterocycles. The van der Waals surface area contributed by atoms with E-state index in [2.05, 4.69) is 4.74 Å². The van der Waals surface area contributed by atoms with Gasteiger partial charge in [-0.3, -0.25) is 5.21 Å². The first-order valence-corrected chi connectivity index (χ1v) is 4.86. The Morgan fingerprint density at radius 2 is 1.71 bits per heavy atom. The Balaban J connectivity index is 2.87. The molecule has 0 spiro atoms. The van der Waals surface area contributed by atoms with E-state index in [4.69, 9.17) is 0 Å². The summed E-state index contributed by atoms with van der Waals surface area (Å²) >= 11 is 0. The molecule has 6 heteroatoms. The third kappa shape index (κ3) is 2.94. The highest BCUT2D eigenvalue weighted by Gasteiger charge is 2.15. The van der Waals surface area contributed by atoms with Crippen molar-refractivity contribution in [3.8, 4) is 0 Å². The smallest absolute Gasteiger partial charge is 0.348 e. The number of nitrogens with zero attached hydrogens (tertiary/aromatic N) is 2. The zero-order valence-corrected chi connectivity index (χ0v) is 9.88. The van der Waals surface area contributed by atoms with Crippen LogP contribution in [-0.2, 0) is 4.74 Å². The van der Waals surface area contributed by atoms with Crippen molar-refractivity contribution in [3.05, 3.63) is 29.8 Å². The van der Waals surface area contributed by atoms with Crippen molar-refractivity contribution >= 4 is 17.7 Å². The van der Waals surface area contributed by atoms with Gasteiger partial charge in [0.2, 0.25) is 0 Å². The van der Waals surface area contributed by atoms with Crippen molar-refractivity contribution < 1.29 is 19.5 Å². The molecule has 0 atom stereocenters. The van der Waals surface area contributed by atoms with Crippen LogP contribution in [-0.4, -0.2) is 43.3 Å². The quantitative estimate of drug-likeness (QED) is 0.479. The summed E-state index contributed by atoms with van der Waals surface area (Å²) < 4.78 is 4.53. The standard InChI is InChI=1S/C11H14N2O4/c1-12(2)11(15)13(16)9-6-4-8(5-7-9)10(14)17-3/h4-7,16H,1-3H3. The molecule has 0 fully saturated rings. The zero-order valence-electron chi connectivity index (χ0n) is 9.88. The van der Waals surface area contributed by atoms with Crippen molar-refractivity contribution in [1.82, 2.24) is 4.90 Å². The number of amides is 2. The lowest BCUT2D eigenvalue weighted by molar-refractivity contribution is 0.0600. The molecule has 0 aliphatic rings. The van der Waals surface area contributed by atoms with E-state index in [1.54, 1.807) is 0 Å². The van der Waals surface area contributed by atoms with Gasteiger partial charge in [-0.1, -0.05) is 0 Å². The molecule has 0 saturated carbocycles. The number of carbonyl (C=O) groups excluding carboxylic acids is 2. The highest BCUT2D eigenvalue weighted by atomic mass is 16.5. The third-order valence-corrected chi connectivity index (χ3v) is 2.10. The van der Waals surface area contributed by atoms with Crippen LogP contribution in [0.5, 0.6) is 0 Å². The average molecular weight is 238 g/mol. The molecule has 0 aromatic heterocycles. The van der Waals surface area contributed by atoms with Crippen molar-refractivity contribution in [2.24, 2.45) is 0 Å². The van der Waals surface area contributed by atoms with E-state index in [1.165, 1.54) is 50.4 Å². The molecule has 1 aromatic carbocycles. The summed E-state index contributed by atoms with van der Waals surface area (Å²) in [5.41, 5.74) is 0.623. The molecule has 0 aliphatic carbocycles. The van der Waals surface area contributed by atoms with Gasteiger partial charge in [0.15, 0.2) is 0 Å². The van der Waals surface area contributed by atoms with Crippen LogP contribution in [0.25, 0.3) is 0 Å². The predicted molar refractivity (Wildman–Crippen MR) is 61.1 cm³/mol. The monoisotopic (exact) mass is 238 g/mol. The Bertz CT molecular complexity index is 414. The lowest BCUT2D eigenvalue weighted by Crippen LogP contribution is -2.36. The summed E-state index contributed by atoms with van der Waals surface area (Å²) in [4.78, 5) is 23.8. The van der Waals surface area contributed by atoms with Crippen molar-refractivity contribution in [1.29, 1.82) is 0 Å². The van der Waals surface area contributed by atoms with Crippen LogP contribution in [0.3, 0.4) is 0 Å². The second kappa shape index (κ2) is 5.31. The first-order valence-electron chi connectivity index (χ1n) is 4.86. The fourth-order valence-electron chi connectivity index (χ4n) is 1.16. The molecule has 0 bridgehead atoms. The van der Waals surface area contributed by atoms with Crippen molar-refractivity contribution in [2.45, 2.75) is 0 Å². The Hall–Kier alpha value is -2.08. The number of rotatable bonds is 2. The number of carbonyl (C=O) groups is 2. The number of anilines is 1. The second-order valence-corrected chi connectivity index (χ2v) is 3.53. The summed E-state index contributed by atoms with van der Waals surface area (Å²) in [7, 11) is 4.33. The summed E-state index contributed by atoms with van der Waals surface area (Å²) in [5, 5.41) is 10.1. The normalized spacial score (nSPS) is 9.65. The number of hydroxylamine groups is 1. The van der Waals surface area contributed by atoms with Crippen LogP contribution in [0.4, 0.5) is 10.5 Å².